The fraction of sp³-hybridized carbons (Fsp3) is 0.250. The van der Waals surface area contributed by atoms with E-state index in [2.05, 4.69) is 9.88 Å². The summed E-state index contributed by atoms with van der Waals surface area (Å²) in [6, 6.07) is 21.3. The Morgan fingerprint density at radius 2 is 1.70 bits per heavy atom. The molecule has 11 nitrogen and oxygen atoms in total. The molecule has 0 saturated carbocycles. The number of piperazine rings is 1. The highest BCUT2D eigenvalue weighted by atomic mass is 32.2. The summed E-state index contributed by atoms with van der Waals surface area (Å²) in [7, 11) is -0.284. The Kier molecular flexibility index (Phi) is 7.78. The topological polar surface area (TPSA) is 142 Å². The van der Waals surface area contributed by atoms with Crippen LogP contribution in [0.3, 0.4) is 0 Å². The van der Waals surface area contributed by atoms with E-state index in [0.717, 1.165) is 30.0 Å². The third-order valence-electron chi connectivity index (χ3n) is 8.17. The number of rotatable bonds is 8. The summed E-state index contributed by atoms with van der Waals surface area (Å²) < 4.78 is 32.0. The molecule has 1 saturated heterocycles. The number of amides is 1. The number of nitrogen functional groups attached to an aromatic ring is 1. The van der Waals surface area contributed by atoms with Crippen LogP contribution in [0.5, 0.6) is 0 Å². The van der Waals surface area contributed by atoms with Crippen molar-refractivity contribution in [3.63, 3.8) is 0 Å². The molecule has 3 N–H and O–H groups in total. The van der Waals surface area contributed by atoms with Gasteiger partial charge in [-0.2, -0.15) is 0 Å². The average molecular weight is 611 g/mol. The van der Waals surface area contributed by atoms with Crippen molar-refractivity contribution in [1.29, 1.82) is 5.41 Å². The number of hydrogen-bond donors (Lipinski definition) is 2. The summed E-state index contributed by atoms with van der Waals surface area (Å²) in [5.41, 5.74) is 9.39. The van der Waals surface area contributed by atoms with Crippen LogP contribution in [0.15, 0.2) is 83.9 Å². The summed E-state index contributed by atoms with van der Waals surface area (Å²) in [6.45, 7) is 2.19. The SMILES string of the molecule is CN1CCN(C(=O)CN(c2ccc3c(c2)nc(Cc2ccc(C(=N)N)cc2)n3C)S(=O)(=O)c2cccc3cccnc23)CC1. The Hall–Kier alpha value is -4.81. The number of sulfonamides is 1. The minimum Gasteiger partial charge on any atom is -0.384 e. The van der Waals surface area contributed by atoms with Crippen molar-refractivity contribution in [2.75, 3.05) is 44.1 Å². The lowest BCUT2D eigenvalue weighted by molar-refractivity contribution is -0.131. The van der Waals surface area contributed by atoms with Crippen LogP contribution in [0.4, 0.5) is 5.69 Å². The first kappa shape index (κ1) is 29.3. The third kappa shape index (κ3) is 5.61. The Labute approximate surface area is 256 Å². The van der Waals surface area contributed by atoms with E-state index in [0.29, 0.717) is 47.2 Å². The second-order valence-corrected chi connectivity index (χ2v) is 12.9. The predicted octanol–water partition coefficient (Wildman–Crippen LogP) is 2.97. The van der Waals surface area contributed by atoms with Crippen LogP contribution in [0, 0.1) is 5.41 Å². The molecule has 3 aromatic carbocycles. The quantitative estimate of drug-likeness (QED) is 0.203. The van der Waals surface area contributed by atoms with Crippen molar-refractivity contribution in [2.45, 2.75) is 11.3 Å². The monoisotopic (exact) mass is 610 g/mol. The number of hydrogen-bond acceptors (Lipinski definition) is 7. The number of benzene rings is 3. The molecule has 0 atom stereocenters. The number of aromatic nitrogens is 3. The Morgan fingerprint density at radius 1 is 0.977 bits per heavy atom. The van der Waals surface area contributed by atoms with Crippen LogP contribution >= 0.6 is 0 Å². The number of anilines is 1. The first-order chi connectivity index (χ1) is 21.1. The number of nitrogens with two attached hydrogens (primary N) is 1. The van der Waals surface area contributed by atoms with Crippen molar-refractivity contribution in [2.24, 2.45) is 12.8 Å². The first-order valence-corrected chi connectivity index (χ1v) is 15.8. The van der Waals surface area contributed by atoms with Crippen molar-refractivity contribution < 1.29 is 13.2 Å². The van der Waals surface area contributed by atoms with E-state index in [4.69, 9.17) is 16.1 Å². The zero-order chi connectivity index (χ0) is 31.0. The molecule has 5 aromatic rings. The van der Waals surface area contributed by atoms with Gasteiger partial charge in [0.05, 0.1) is 22.2 Å². The largest absolute Gasteiger partial charge is 0.384 e. The highest BCUT2D eigenvalue weighted by Gasteiger charge is 2.32. The van der Waals surface area contributed by atoms with Crippen molar-refractivity contribution >= 4 is 49.4 Å². The average Bonchev–Trinajstić information content (AvgIpc) is 3.33. The van der Waals surface area contributed by atoms with E-state index in [1.54, 1.807) is 47.5 Å². The molecule has 1 aliphatic rings. The Balaban J connectivity index is 1.39. The van der Waals surface area contributed by atoms with Gasteiger partial charge in [-0.3, -0.25) is 19.5 Å². The maximum atomic E-state index is 14.4. The normalized spacial score (nSPS) is 14.3. The maximum Gasteiger partial charge on any atom is 0.266 e. The van der Waals surface area contributed by atoms with E-state index in [9.17, 15) is 13.2 Å². The fourth-order valence-corrected chi connectivity index (χ4v) is 7.11. The number of aryl methyl sites for hydroxylation is 1. The molecule has 12 heteroatoms. The molecule has 1 aliphatic heterocycles. The van der Waals surface area contributed by atoms with Crippen LogP contribution in [0.25, 0.3) is 21.9 Å². The lowest BCUT2D eigenvalue weighted by atomic mass is 10.1. The van der Waals surface area contributed by atoms with E-state index in [-0.39, 0.29) is 23.2 Å². The fourth-order valence-electron chi connectivity index (χ4n) is 5.53. The number of nitrogens with one attached hydrogen (secondary N) is 1. The summed E-state index contributed by atoms with van der Waals surface area (Å²) in [5.74, 6) is 0.538. The summed E-state index contributed by atoms with van der Waals surface area (Å²) in [6.07, 6.45) is 2.10. The number of pyridine rings is 1. The Morgan fingerprint density at radius 3 is 2.43 bits per heavy atom. The number of fused-ring (bicyclic) bond motifs is 2. The summed E-state index contributed by atoms with van der Waals surface area (Å²) in [4.78, 5) is 26.7. The molecule has 6 rings (SSSR count). The standard InChI is InChI=1S/C32H34N8O3S/c1-37-15-17-39(18-16-37)30(41)21-40(44(42,43)28-7-3-5-23-6-4-14-35-31(23)28)25-12-13-27-26(20-25)36-29(38(27)2)19-22-8-10-24(11-9-22)32(33)34/h3-14,20H,15-19,21H2,1-2H3,(H3,33,34). The number of carbonyl (C=O) groups excluding carboxylic acids is 1. The third-order valence-corrected chi connectivity index (χ3v) is 9.98. The lowest BCUT2D eigenvalue weighted by Gasteiger charge is -2.34. The van der Waals surface area contributed by atoms with Crippen LogP contribution in [0.2, 0.25) is 0 Å². The highest BCUT2D eigenvalue weighted by molar-refractivity contribution is 7.93. The summed E-state index contributed by atoms with van der Waals surface area (Å²) in [5, 5.41) is 8.32. The zero-order valence-corrected chi connectivity index (χ0v) is 25.5. The predicted molar refractivity (Wildman–Crippen MR) is 171 cm³/mol. The maximum absolute atomic E-state index is 14.4. The van der Waals surface area contributed by atoms with Gasteiger partial charge in [-0.05, 0) is 42.9 Å². The smallest absolute Gasteiger partial charge is 0.266 e. The lowest BCUT2D eigenvalue weighted by Crippen LogP contribution is -2.50. The van der Waals surface area contributed by atoms with Crippen molar-refractivity contribution in [3.8, 4) is 0 Å². The zero-order valence-electron chi connectivity index (χ0n) is 24.6. The van der Waals surface area contributed by atoms with Gasteiger partial charge in [0.25, 0.3) is 10.0 Å². The molecule has 226 valence electrons. The highest BCUT2D eigenvalue weighted by Crippen LogP contribution is 2.31. The molecule has 0 bridgehead atoms. The van der Waals surface area contributed by atoms with Gasteiger partial charge < -0.3 is 20.1 Å². The van der Waals surface area contributed by atoms with Gasteiger partial charge >= 0.3 is 0 Å². The Bertz CT molecular complexity index is 1980. The van der Waals surface area contributed by atoms with Gasteiger partial charge in [-0.15, -0.1) is 0 Å². The van der Waals surface area contributed by atoms with Crippen LogP contribution in [-0.4, -0.2) is 84.3 Å². The number of nitrogens with zero attached hydrogens (tertiary/aromatic N) is 6. The van der Waals surface area contributed by atoms with Crippen molar-refractivity contribution in [1.82, 2.24) is 24.3 Å². The van der Waals surface area contributed by atoms with E-state index in [1.807, 2.05) is 49.0 Å². The molecule has 1 amide bonds. The van der Waals surface area contributed by atoms with E-state index < -0.39 is 10.0 Å². The number of carbonyl (C=O) groups is 1. The second kappa shape index (κ2) is 11.7. The molecule has 44 heavy (non-hydrogen) atoms. The van der Waals surface area contributed by atoms with Gasteiger partial charge in [0.15, 0.2) is 0 Å². The van der Waals surface area contributed by atoms with Crippen LogP contribution in [0.1, 0.15) is 17.0 Å². The van der Waals surface area contributed by atoms with E-state index in [1.165, 1.54) is 10.4 Å². The molecular formula is C32H34N8O3S. The molecule has 0 unspecified atom stereocenters. The second-order valence-electron chi connectivity index (χ2n) is 11.1. The number of amidine groups is 1. The number of imidazole rings is 1. The van der Waals surface area contributed by atoms with Gasteiger partial charge in [-0.25, -0.2) is 13.4 Å². The summed E-state index contributed by atoms with van der Waals surface area (Å²) >= 11 is 0. The molecule has 1 fully saturated rings. The number of likely N-dealkylation sites (N-methyl/N-ethyl adjacent to an activating group) is 1. The molecule has 0 aliphatic carbocycles. The van der Waals surface area contributed by atoms with Gasteiger partial charge in [-0.1, -0.05) is 42.5 Å². The van der Waals surface area contributed by atoms with Gasteiger partial charge in [0.2, 0.25) is 5.91 Å². The van der Waals surface area contributed by atoms with Gasteiger partial charge in [0.1, 0.15) is 23.1 Å². The first-order valence-electron chi connectivity index (χ1n) is 14.3. The van der Waals surface area contributed by atoms with Crippen LogP contribution < -0.4 is 10.0 Å². The van der Waals surface area contributed by atoms with Gasteiger partial charge in [0, 0.05) is 56.8 Å². The molecule has 0 radical (unpaired) electrons. The minimum atomic E-state index is -4.21. The van der Waals surface area contributed by atoms with Crippen molar-refractivity contribution in [3.05, 3.63) is 95.9 Å². The minimum absolute atomic E-state index is 0.0108. The molecular weight excluding hydrogens is 576 g/mol. The molecule has 0 spiro atoms. The number of para-hydroxylation sites is 1. The molecule has 2 aromatic heterocycles. The molecule has 3 heterocycles. The van der Waals surface area contributed by atoms with Crippen LogP contribution in [-0.2, 0) is 28.3 Å². The van der Waals surface area contributed by atoms with E-state index >= 15 is 0 Å².